The number of rotatable bonds is 6. The molecular weight excluding hydrogens is 509 g/mol. The van der Waals surface area contributed by atoms with Gasteiger partial charge >= 0.3 is 0 Å². The van der Waals surface area contributed by atoms with Gasteiger partial charge in [0, 0.05) is 57.5 Å². The largest absolute Gasteiger partial charge is 0.364 e. The number of hydrogen-bond acceptors (Lipinski definition) is 3. The molecule has 172 valence electrons. The quantitative estimate of drug-likeness (QED) is 0.242. The third kappa shape index (κ3) is 6.48. The highest BCUT2D eigenvalue weighted by Gasteiger charge is 2.24. The second-order valence-corrected chi connectivity index (χ2v) is 8.51. The highest BCUT2D eigenvalue weighted by Crippen LogP contribution is 2.24. The zero-order valence-electron chi connectivity index (χ0n) is 19.2. The van der Waals surface area contributed by atoms with Crippen LogP contribution in [0.1, 0.15) is 36.9 Å². The standard InChI is InChI=1S/C26H35N5.HI/c1-21(23-10-4-3-5-11-23)30-17-13-24(14-18-30)29-26(27-2)28-20-22-9-8-12-25(19-22)31-15-6-7-16-31;/h3-12,19,21,24H,13-18,20H2,1-2H3,(H2,27,28,29);1H. The molecule has 32 heavy (non-hydrogen) atoms. The Bertz CT molecular complexity index is 882. The summed E-state index contributed by atoms with van der Waals surface area (Å²) in [6, 6.07) is 20.5. The number of benzene rings is 2. The summed E-state index contributed by atoms with van der Waals surface area (Å²) in [7, 11) is 1.86. The summed E-state index contributed by atoms with van der Waals surface area (Å²) in [6.07, 6.45) is 6.72. The molecule has 0 bridgehead atoms. The average molecular weight is 546 g/mol. The first kappa shape index (κ1) is 24.6. The first-order chi connectivity index (χ1) is 15.2. The smallest absolute Gasteiger partial charge is 0.191 e. The zero-order valence-corrected chi connectivity index (χ0v) is 21.5. The lowest BCUT2D eigenvalue weighted by atomic mass is 10.0. The van der Waals surface area contributed by atoms with Gasteiger partial charge in [0.05, 0.1) is 0 Å². The Balaban J connectivity index is 0.00000289. The molecule has 0 spiro atoms. The maximum Gasteiger partial charge on any atom is 0.191 e. The number of aliphatic imine (C=N–C) groups is 1. The van der Waals surface area contributed by atoms with Gasteiger partial charge in [-0.1, -0.05) is 54.6 Å². The number of piperidine rings is 1. The normalized spacial score (nSPS) is 18.3. The summed E-state index contributed by atoms with van der Waals surface area (Å²) >= 11 is 0. The van der Waals surface area contributed by atoms with Crippen molar-refractivity contribution in [2.75, 3.05) is 38.1 Å². The lowest BCUT2D eigenvalue weighted by Crippen LogP contribution is -2.48. The van der Waals surface area contributed by atoms with Crippen molar-refractivity contribution in [1.82, 2.24) is 15.5 Å². The molecule has 4 rings (SSSR count). The molecule has 2 aromatic rings. The van der Waals surface area contributed by atoms with Crippen molar-refractivity contribution < 1.29 is 0 Å². The van der Waals surface area contributed by atoms with Crippen LogP contribution in [0.5, 0.6) is 0 Å². The minimum atomic E-state index is 0. The molecule has 0 amide bonds. The molecule has 0 radical (unpaired) electrons. The molecule has 2 aliphatic rings. The van der Waals surface area contributed by atoms with Gasteiger partial charge in [0.15, 0.2) is 5.96 Å². The predicted octanol–water partition coefficient (Wildman–Crippen LogP) is 4.57. The number of anilines is 1. The third-order valence-electron chi connectivity index (χ3n) is 6.48. The fourth-order valence-electron chi connectivity index (χ4n) is 4.50. The van der Waals surface area contributed by atoms with Crippen LogP contribution in [0.2, 0.25) is 0 Å². The van der Waals surface area contributed by atoms with E-state index in [1.807, 2.05) is 7.05 Å². The number of hydrogen-bond donors (Lipinski definition) is 2. The van der Waals surface area contributed by atoms with Crippen molar-refractivity contribution in [3.05, 3.63) is 77.9 Å². The molecule has 5 nitrogen and oxygen atoms in total. The lowest BCUT2D eigenvalue weighted by Gasteiger charge is -2.37. The Labute approximate surface area is 210 Å². The van der Waals surface area contributed by atoms with E-state index in [0.717, 1.165) is 51.5 Å². The van der Waals surface area contributed by atoms with Gasteiger partial charge in [-0.25, -0.2) is 0 Å². The fraction of sp³-hybridized carbons (Fsp3) is 0.423. The predicted molar refractivity (Wildman–Crippen MR) is 146 cm³/mol. The Hall–Kier alpha value is -2.06. The van der Waals surface area contributed by atoms with Gasteiger partial charge in [-0.2, -0.15) is 0 Å². The molecule has 1 atom stereocenters. The van der Waals surface area contributed by atoms with Gasteiger partial charge in [-0.3, -0.25) is 9.89 Å². The highest BCUT2D eigenvalue weighted by molar-refractivity contribution is 14.0. The molecule has 0 aliphatic carbocycles. The van der Waals surface area contributed by atoms with E-state index in [9.17, 15) is 0 Å². The van der Waals surface area contributed by atoms with E-state index in [1.54, 1.807) is 0 Å². The van der Waals surface area contributed by atoms with Gasteiger partial charge in [0.25, 0.3) is 0 Å². The van der Waals surface area contributed by atoms with Crippen LogP contribution in [-0.2, 0) is 6.54 Å². The Morgan fingerprint density at radius 1 is 1.03 bits per heavy atom. The van der Waals surface area contributed by atoms with Crippen molar-refractivity contribution in [3.8, 4) is 0 Å². The summed E-state index contributed by atoms with van der Waals surface area (Å²) in [6.45, 7) is 7.31. The number of halogens is 1. The van der Waals surface area contributed by atoms with Crippen LogP contribution < -0.4 is 15.5 Å². The summed E-state index contributed by atoms with van der Waals surface area (Å²) in [4.78, 5) is 9.42. The fourth-order valence-corrected chi connectivity index (χ4v) is 4.50. The van der Waals surface area contributed by atoms with E-state index in [2.05, 4.69) is 99.1 Å². The van der Waals surface area contributed by atoms with Crippen LogP contribution in [0.4, 0.5) is 5.69 Å². The van der Waals surface area contributed by atoms with Gasteiger partial charge < -0.3 is 15.5 Å². The minimum absolute atomic E-state index is 0. The molecule has 2 N–H and O–H groups in total. The van der Waals surface area contributed by atoms with Crippen LogP contribution in [0.3, 0.4) is 0 Å². The first-order valence-electron chi connectivity index (χ1n) is 11.5. The molecule has 6 heteroatoms. The van der Waals surface area contributed by atoms with E-state index in [1.165, 1.54) is 16.8 Å². The highest BCUT2D eigenvalue weighted by atomic mass is 127. The Morgan fingerprint density at radius 2 is 1.75 bits per heavy atom. The molecule has 2 aromatic carbocycles. The second-order valence-electron chi connectivity index (χ2n) is 8.51. The molecule has 2 aliphatic heterocycles. The van der Waals surface area contributed by atoms with Crippen molar-refractivity contribution in [3.63, 3.8) is 0 Å². The van der Waals surface area contributed by atoms with Crippen molar-refractivity contribution in [1.29, 1.82) is 0 Å². The van der Waals surface area contributed by atoms with Crippen LogP contribution in [0.15, 0.2) is 71.7 Å². The molecule has 1 fully saturated rings. The van der Waals surface area contributed by atoms with E-state index < -0.39 is 0 Å². The molecule has 0 saturated carbocycles. The molecule has 1 saturated heterocycles. The summed E-state index contributed by atoms with van der Waals surface area (Å²) in [5, 5.41) is 7.14. The van der Waals surface area contributed by atoms with Crippen molar-refractivity contribution in [2.24, 2.45) is 4.99 Å². The SMILES string of the molecule is CN=C(NCc1cccc(N2CC=CC2)c1)NC1CCN(C(C)c2ccccc2)CC1.I. The summed E-state index contributed by atoms with van der Waals surface area (Å²) in [5.41, 5.74) is 3.96. The maximum atomic E-state index is 4.46. The van der Waals surface area contributed by atoms with Gasteiger partial charge in [0.1, 0.15) is 0 Å². The first-order valence-corrected chi connectivity index (χ1v) is 11.5. The van der Waals surface area contributed by atoms with Crippen molar-refractivity contribution in [2.45, 2.75) is 38.4 Å². The van der Waals surface area contributed by atoms with Crippen LogP contribution in [-0.4, -0.2) is 50.1 Å². The number of likely N-dealkylation sites (tertiary alicyclic amines) is 1. The van der Waals surface area contributed by atoms with Gasteiger partial charge in [0.2, 0.25) is 0 Å². The van der Waals surface area contributed by atoms with E-state index in [4.69, 9.17) is 0 Å². The molecular formula is C26H36IN5. The molecule has 1 unspecified atom stereocenters. The average Bonchev–Trinajstić information content (AvgIpc) is 3.38. The van der Waals surface area contributed by atoms with Gasteiger partial charge in [-0.15, -0.1) is 24.0 Å². The van der Waals surface area contributed by atoms with Crippen LogP contribution in [0, 0.1) is 0 Å². The Kier molecular flexibility index (Phi) is 9.41. The number of nitrogens with one attached hydrogen (secondary N) is 2. The van der Waals surface area contributed by atoms with Crippen molar-refractivity contribution >= 4 is 35.6 Å². The minimum Gasteiger partial charge on any atom is -0.364 e. The van der Waals surface area contributed by atoms with E-state index in [0.29, 0.717) is 12.1 Å². The van der Waals surface area contributed by atoms with E-state index >= 15 is 0 Å². The molecule has 2 heterocycles. The van der Waals surface area contributed by atoms with Crippen LogP contribution >= 0.6 is 24.0 Å². The summed E-state index contributed by atoms with van der Waals surface area (Å²) < 4.78 is 0. The molecule has 0 aromatic heterocycles. The van der Waals surface area contributed by atoms with Crippen LogP contribution in [0.25, 0.3) is 0 Å². The zero-order chi connectivity index (χ0) is 21.5. The second kappa shape index (κ2) is 12.3. The Morgan fingerprint density at radius 3 is 2.44 bits per heavy atom. The van der Waals surface area contributed by atoms with E-state index in [-0.39, 0.29) is 24.0 Å². The lowest BCUT2D eigenvalue weighted by molar-refractivity contribution is 0.158. The third-order valence-corrected chi connectivity index (χ3v) is 6.48. The number of nitrogens with zero attached hydrogens (tertiary/aromatic N) is 3. The van der Waals surface area contributed by atoms with Gasteiger partial charge in [-0.05, 0) is 43.0 Å². The topological polar surface area (TPSA) is 42.9 Å². The monoisotopic (exact) mass is 545 g/mol. The maximum absolute atomic E-state index is 4.46. The summed E-state index contributed by atoms with van der Waals surface area (Å²) in [5.74, 6) is 0.891. The number of guanidine groups is 1.